The number of carbonyl (C=O) groups is 1. The first-order valence-corrected chi connectivity index (χ1v) is 3.10. The molecule has 0 atom stereocenters. The van der Waals surface area contributed by atoms with Crippen LogP contribution in [0.15, 0.2) is 0 Å². The molecule has 0 amide bonds. The van der Waals surface area contributed by atoms with E-state index in [-0.39, 0.29) is 52.4 Å². The predicted molar refractivity (Wildman–Crippen MR) is 25.8 cm³/mol. The Morgan fingerprint density at radius 1 is 1.08 bits per heavy atom. The van der Waals surface area contributed by atoms with Crippen LogP contribution in [0.3, 0.4) is 0 Å². The first-order valence-electron chi connectivity index (χ1n) is 1.47. The van der Waals surface area contributed by atoms with Crippen molar-refractivity contribution < 1.29 is 69.2 Å². The van der Waals surface area contributed by atoms with E-state index >= 15 is 0 Å². The first kappa shape index (κ1) is 29.3. The van der Waals surface area contributed by atoms with Crippen LogP contribution in [0.5, 0.6) is 0 Å². The fourth-order valence-electron chi connectivity index (χ4n) is 0. The Labute approximate surface area is 101 Å². The monoisotopic (exact) mass is 222 g/mol. The van der Waals surface area contributed by atoms with Crippen LogP contribution in [-0.2, 0) is 0 Å². The third-order valence-corrected chi connectivity index (χ3v) is 0. The smallest absolute Gasteiger partial charge is 0.894 e. The summed E-state index contributed by atoms with van der Waals surface area (Å²) in [5.41, 5.74) is 0. The molecular weight excluding hydrogens is 218 g/mol. The molecule has 0 aliphatic rings. The summed E-state index contributed by atoms with van der Waals surface area (Å²) in [5.74, 6) is 0. The fourth-order valence-corrected chi connectivity index (χ4v) is 0. The molecule has 0 heterocycles. The molecule has 0 aromatic rings. The van der Waals surface area contributed by atoms with E-state index < -0.39 is 15.2 Å². The normalized spacial score (nSPS) is 7.00. The van der Waals surface area contributed by atoms with Crippen molar-refractivity contribution in [1.82, 2.24) is 0 Å². The Balaban J connectivity index is -0.0000000221. The fraction of sp³-hybridized carbons (Fsp3) is 0. The number of hydrogen-bond donors (Lipinski definition) is 2. The summed E-state index contributed by atoms with van der Waals surface area (Å²) < 4.78 is 0. The van der Waals surface area contributed by atoms with E-state index in [4.69, 9.17) is 34.2 Å². The van der Waals surface area contributed by atoms with Crippen LogP contribution in [0.1, 0.15) is 0 Å². The van der Waals surface area contributed by atoms with Gasteiger partial charge in [-0.3, -0.25) is 0 Å². The Morgan fingerprint density at radius 3 is 1.08 bits per heavy atom. The van der Waals surface area contributed by atoms with Gasteiger partial charge >= 0.3 is 53.1 Å². The summed E-state index contributed by atoms with van der Waals surface area (Å²) in [7, 11) is -5.61. The summed E-state index contributed by atoms with van der Waals surface area (Å²) >= 11 is 0. The minimum Gasteiger partial charge on any atom is -0.894 e. The zero-order valence-corrected chi connectivity index (χ0v) is 10.2. The maximum atomic E-state index is 8.58. The maximum Gasteiger partial charge on any atom is 3.00 e. The summed E-state index contributed by atoms with van der Waals surface area (Å²) in [5, 5.41) is 13.9. The van der Waals surface area contributed by atoms with Crippen LogP contribution in [0.4, 0.5) is 4.79 Å². The van der Waals surface area contributed by atoms with Crippen molar-refractivity contribution in [3.05, 3.63) is 0 Å². The average Bonchev–Trinajstić information content (AvgIpc) is 1.19. The van der Waals surface area contributed by atoms with Crippen LogP contribution in [0, 0.1) is 0 Å². The van der Waals surface area contributed by atoms with Gasteiger partial charge in [-0.15, -0.1) is 0 Å². The van der Waals surface area contributed by atoms with Crippen molar-refractivity contribution in [3.63, 3.8) is 0 Å². The number of hydrogen-bond acceptors (Lipinski definition) is 5. The molecule has 0 aromatic heterocycles. The molecule has 12 heavy (non-hydrogen) atoms. The molecule has 0 aliphatic heterocycles. The summed E-state index contributed by atoms with van der Waals surface area (Å²) in [6.45, 7) is 0. The van der Waals surface area contributed by atoms with Gasteiger partial charge in [0.1, 0.15) is 0 Å². The van der Waals surface area contributed by atoms with E-state index in [2.05, 4.69) is 0 Å². The second-order valence-corrected chi connectivity index (χ2v) is 1.78. The zero-order chi connectivity index (χ0) is 8.08. The van der Waals surface area contributed by atoms with Crippen molar-refractivity contribution in [2.24, 2.45) is 0 Å². The Bertz CT molecular complexity index is 81.5. The second-order valence-electron chi connectivity index (χ2n) is 0.783. The minimum atomic E-state index is -5.61. The van der Waals surface area contributed by atoms with Crippen LogP contribution in [0.2, 0.25) is 0 Å². The molecule has 0 unspecified atom stereocenters. The topological polar surface area (TPSA) is 181 Å². The van der Waals surface area contributed by atoms with Crippen LogP contribution in [0.25, 0.3) is 0 Å². The van der Waals surface area contributed by atoms with Crippen molar-refractivity contribution in [2.75, 3.05) is 0 Å². The summed E-state index contributed by atoms with van der Waals surface area (Å²) in [4.78, 5) is 42.9. The second kappa shape index (κ2) is 14.3. The molecule has 0 aromatic carbocycles. The SMILES string of the molecule is O.O=C(O)O.[Al+3].[Na+].[O-][Si]([O-])([O-])[O-]. The van der Waals surface area contributed by atoms with Crippen LogP contribution in [-0.4, -0.2) is 48.3 Å². The quantitative estimate of drug-likeness (QED) is 0.381. The Kier molecular flexibility index (Phi) is 35.0. The van der Waals surface area contributed by atoms with Crippen molar-refractivity contribution in [2.45, 2.75) is 0 Å². The minimum absolute atomic E-state index is 0. The van der Waals surface area contributed by atoms with E-state index in [1.165, 1.54) is 0 Å². The first-order chi connectivity index (χ1) is 3.73. The third-order valence-electron chi connectivity index (χ3n) is 0. The van der Waals surface area contributed by atoms with Gasteiger partial charge in [0.25, 0.3) is 0 Å². The van der Waals surface area contributed by atoms with Gasteiger partial charge in [-0.1, -0.05) is 0 Å². The van der Waals surface area contributed by atoms with Gasteiger partial charge in [-0.2, -0.15) is 0 Å². The standard InChI is InChI=1S/CH2O3.Al.Na.O4Si.H2O/c2-1(3)4;;;1-5(2,3)4;/h(H2,2,3,4);;;;1H2/q;+3;+1;-4;. The molecule has 0 aliphatic carbocycles. The van der Waals surface area contributed by atoms with Crippen LogP contribution < -0.4 is 48.7 Å². The Morgan fingerprint density at radius 2 is 1.08 bits per heavy atom. The maximum absolute atomic E-state index is 8.58. The van der Waals surface area contributed by atoms with E-state index in [0.29, 0.717) is 0 Å². The number of rotatable bonds is 0. The van der Waals surface area contributed by atoms with E-state index in [1.807, 2.05) is 0 Å². The molecule has 0 bridgehead atoms. The predicted octanol–water partition coefficient (Wildman–Crippen LogP) is -9.12. The molecule has 64 valence electrons. The molecule has 4 N–H and O–H groups in total. The molecule has 0 fully saturated rings. The Hall–Kier alpha value is 0.819. The van der Waals surface area contributed by atoms with Gasteiger partial charge in [0.2, 0.25) is 0 Å². The molecule has 0 saturated carbocycles. The molecule has 11 heteroatoms. The third kappa shape index (κ3) is 1550. The van der Waals surface area contributed by atoms with Crippen molar-refractivity contribution >= 4 is 32.6 Å². The van der Waals surface area contributed by atoms with Crippen LogP contribution >= 0.6 is 0 Å². The van der Waals surface area contributed by atoms with Gasteiger partial charge in [0, 0.05) is 0 Å². The van der Waals surface area contributed by atoms with Gasteiger partial charge in [0.15, 0.2) is 0 Å². The van der Waals surface area contributed by atoms with E-state index in [9.17, 15) is 0 Å². The van der Waals surface area contributed by atoms with Gasteiger partial charge in [-0.25, -0.2) is 4.79 Å². The van der Waals surface area contributed by atoms with Gasteiger partial charge < -0.3 is 43.9 Å². The van der Waals surface area contributed by atoms with Gasteiger partial charge in [-0.05, 0) is 0 Å². The number of carboxylic acid groups (broad SMARTS) is 2. The molecule has 0 rings (SSSR count). The molecule has 0 saturated heterocycles. The molecule has 0 spiro atoms. The summed E-state index contributed by atoms with van der Waals surface area (Å²) in [6, 6.07) is 0. The zero-order valence-electron chi connectivity index (χ0n) is 6.01. The molecule has 0 radical (unpaired) electrons. The van der Waals surface area contributed by atoms with E-state index in [0.717, 1.165) is 0 Å². The van der Waals surface area contributed by atoms with Crippen molar-refractivity contribution in [1.29, 1.82) is 0 Å². The van der Waals surface area contributed by atoms with Crippen molar-refractivity contribution in [3.8, 4) is 0 Å². The van der Waals surface area contributed by atoms with Gasteiger partial charge in [0.05, 0.1) is 0 Å². The largest absolute Gasteiger partial charge is 3.00 e. The molecule has 8 nitrogen and oxygen atoms in total. The average molecular weight is 222 g/mol. The molecular formula is CH4AlNaO8Si. The summed E-state index contributed by atoms with van der Waals surface area (Å²) in [6.07, 6.45) is -1.83. The van der Waals surface area contributed by atoms with E-state index in [1.54, 1.807) is 0 Å².